The maximum atomic E-state index is 12.7. The molecule has 12 heavy (non-hydrogen) atoms. The van der Waals surface area contributed by atoms with Crippen LogP contribution in [0.15, 0.2) is 0 Å². The molecule has 0 bridgehead atoms. The largest absolute Gasteiger partial charge is 0.376 e. The van der Waals surface area contributed by atoms with Gasteiger partial charge in [0.15, 0.2) is 0 Å². The van der Waals surface area contributed by atoms with Gasteiger partial charge in [0.2, 0.25) is 5.92 Å². The van der Waals surface area contributed by atoms with Crippen LogP contribution in [-0.2, 0) is 4.74 Å². The molecule has 0 radical (unpaired) electrons. The Hall–Kier alpha value is -0.180. The van der Waals surface area contributed by atoms with Gasteiger partial charge in [-0.25, -0.2) is 8.78 Å². The maximum Gasteiger partial charge on any atom is 0.248 e. The van der Waals surface area contributed by atoms with Crippen LogP contribution in [0.5, 0.6) is 0 Å². The molecular weight excluding hydrogens is 162 g/mol. The predicted octanol–water partition coefficient (Wildman–Crippen LogP) is 2.99. The van der Waals surface area contributed by atoms with E-state index < -0.39 is 5.92 Å². The van der Waals surface area contributed by atoms with Gasteiger partial charge in [0.1, 0.15) is 0 Å². The van der Waals surface area contributed by atoms with Crippen LogP contribution in [0.1, 0.15) is 39.5 Å². The van der Waals surface area contributed by atoms with Gasteiger partial charge < -0.3 is 4.74 Å². The summed E-state index contributed by atoms with van der Waals surface area (Å²) >= 11 is 0. The molecule has 0 saturated heterocycles. The molecule has 1 saturated carbocycles. The van der Waals surface area contributed by atoms with E-state index in [4.69, 9.17) is 4.74 Å². The van der Waals surface area contributed by atoms with Gasteiger partial charge in [-0.05, 0) is 26.7 Å². The summed E-state index contributed by atoms with van der Waals surface area (Å²) < 4.78 is 30.8. The van der Waals surface area contributed by atoms with Crippen LogP contribution >= 0.6 is 0 Å². The smallest absolute Gasteiger partial charge is 0.248 e. The van der Waals surface area contributed by atoms with E-state index >= 15 is 0 Å². The number of alkyl halides is 2. The summed E-state index contributed by atoms with van der Waals surface area (Å²) in [6.07, 6.45) is 1.21. The van der Waals surface area contributed by atoms with Gasteiger partial charge in [0.05, 0.1) is 12.2 Å². The van der Waals surface area contributed by atoms with Gasteiger partial charge in [-0.15, -0.1) is 0 Å². The maximum absolute atomic E-state index is 12.7. The van der Waals surface area contributed by atoms with Crippen LogP contribution in [0.2, 0.25) is 0 Å². The van der Waals surface area contributed by atoms with E-state index in [1.807, 2.05) is 13.8 Å². The van der Waals surface area contributed by atoms with E-state index in [0.29, 0.717) is 12.8 Å². The normalized spacial score (nSPS) is 24.8. The number of hydrogen-bond donors (Lipinski definition) is 0. The van der Waals surface area contributed by atoms with Crippen LogP contribution < -0.4 is 0 Å². The highest BCUT2D eigenvalue weighted by Crippen LogP contribution is 2.34. The number of ether oxygens (including phenoxy) is 1. The monoisotopic (exact) mass is 178 g/mol. The van der Waals surface area contributed by atoms with Crippen LogP contribution in [0.25, 0.3) is 0 Å². The highest BCUT2D eigenvalue weighted by Gasteiger charge is 2.35. The Bertz CT molecular complexity index is 135. The minimum absolute atomic E-state index is 0.00954. The average molecular weight is 178 g/mol. The Morgan fingerprint density at radius 2 is 1.75 bits per heavy atom. The van der Waals surface area contributed by atoms with Crippen LogP contribution in [0, 0.1) is 0 Å². The Kier molecular flexibility index (Phi) is 3.04. The SMILES string of the molecule is CC(C)OC1CCC(F)(F)CC1. The second-order valence-electron chi connectivity index (χ2n) is 3.74. The topological polar surface area (TPSA) is 9.23 Å². The highest BCUT2D eigenvalue weighted by atomic mass is 19.3. The summed E-state index contributed by atoms with van der Waals surface area (Å²) in [5, 5.41) is 0. The number of halogens is 2. The molecular formula is C9H16F2O. The van der Waals surface area contributed by atoms with Crippen molar-refractivity contribution in [3.63, 3.8) is 0 Å². The Morgan fingerprint density at radius 1 is 1.25 bits per heavy atom. The van der Waals surface area contributed by atoms with Crippen molar-refractivity contribution in [2.45, 2.75) is 57.7 Å². The first-order chi connectivity index (χ1) is 5.49. The molecule has 0 amide bonds. The minimum Gasteiger partial charge on any atom is -0.376 e. The molecule has 0 aliphatic heterocycles. The molecule has 0 spiro atoms. The quantitative estimate of drug-likeness (QED) is 0.631. The standard InChI is InChI=1S/C9H16F2O/c1-7(2)12-8-3-5-9(10,11)6-4-8/h7-8H,3-6H2,1-2H3. The molecule has 1 nitrogen and oxygen atoms in total. The molecule has 72 valence electrons. The molecule has 3 heteroatoms. The second-order valence-corrected chi connectivity index (χ2v) is 3.74. The molecule has 0 heterocycles. The van der Waals surface area contributed by atoms with Crippen molar-refractivity contribution in [1.82, 2.24) is 0 Å². The Labute approximate surface area is 72.1 Å². The van der Waals surface area contributed by atoms with Crippen molar-refractivity contribution in [3.05, 3.63) is 0 Å². The van der Waals surface area contributed by atoms with Gasteiger partial charge in [-0.3, -0.25) is 0 Å². The summed E-state index contributed by atoms with van der Waals surface area (Å²) in [5.41, 5.74) is 0. The third-order valence-corrected chi connectivity index (χ3v) is 2.13. The van der Waals surface area contributed by atoms with Gasteiger partial charge in [-0.1, -0.05) is 0 Å². The van der Waals surface area contributed by atoms with Crippen molar-refractivity contribution in [3.8, 4) is 0 Å². The van der Waals surface area contributed by atoms with E-state index in [1.54, 1.807) is 0 Å². The molecule has 1 aliphatic carbocycles. The third kappa shape index (κ3) is 3.05. The Morgan fingerprint density at radius 3 is 2.17 bits per heavy atom. The van der Waals surface area contributed by atoms with E-state index in [2.05, 4.69) is 0 Å². The molecule has 0 N–H and O–H groups in total. The van der Waals surface area contributed by atoms with E-state index in [1.165, 1.54) is 0 Å². The molecule has 0 unspecified atom stereocenters. The van der Waals surface area contributed by atoms with Crippen molar-refractivity contribution >= 4 is 0 Å². The van der Waals surface area contributed by atoms with Crippen molar-refractivity contribution < 1.29 is 13.5 Å². The minimum atomic E-state index is -2.43. The van der Waals surface area contributed by atoms with Crippen LogP contribution in [0.4, 0.5) is 8.78 Å². The zero-order valence-corrected chi connectivity index (χ0v) is 7.65. The third-order valence-electron chi connectivity index (χ3n) is 2.13. The fourth-order valence-corrected chi connectivity index (χ4v) is 1.53. The molecule has 0 aromatic rings. The summed E-state index contributed by atoms with van der Waals surface area (Å²) in [6.45, 7) is 3.87. The fourth-order valence-electron chi connectivity index (χ4n) is 1.53. The average Bonchev–Trinajstić information content (AvgIpc) is 1.93. The molecule has 1 rings (SSSR count). The zero-order valence-electron chi connectivity index (χ0n) is 7.65. The molecule has 0 aromatic carbocycles. The summed E-state index contributed by atoms with van der Waals surface area (Å²) in [7, 11) is 0. The van der Waals surface area contributed by atoms with Gasteiger partial charge >= 0.3 is 0 Å². The van der Waals surface area contributed by atoms with Crippen molar-refractivity contribution in [2.75, 3.05) is 0 Å². The lowest BCUT2D eigenvalue weighted by molar-refractivity contribution is -0.0924. The predicted molar refractivity (Wildman–Crippen MR) is 43.4 cm³/mol. The molecule has 1 aliphatic rings. The lowest BCUT2D eigenvalue weighted by Crippen LogP contribution is -2.30. The van der Waals surface area contributed by atoms with E-state index in [-0.39, 0.29) is 25.0 Å². The fraction of sp³-hybridized carbons (Fsp3) is 1.00. The van der Waals surface area contributed by atoms with Gasteiger partial charge in [0, 0.05) is 12.8 Å². The van der Waals surface area contributed by atoms with Crippen LogP contribution in [-0.4, -0.2) is 18.1 Å². The number of rotatable bonds is 2. The zero-order chi connectivity index (χ0) is 9.19. The van der Waals surface area contributed by atoms with Crippen molar-refractivity contribution in [1.29, 1.82) is 0 Å². The number of hydrogen-bond acceptors (Lipinski definition) is 1. The molecule has 0 atom stereocenters. The summed E-state index contributed by atoms with van der Waals surface area (Å²) in [5.74, 6) is -2.43. The lowest BCUT2D eigenvalue weighted by atomic mass is 9.94. The second kappa shape index (κ2) is 3.69. The lowest BCUT2D eigenvalue weighted by Gasteiger charge is -2.29. The summed E-state index contributed by atoms with van der Waals surface area (Å²) in [4.78, 5) is 0. The van der Waals surface area contributed by atoms with Gasteiger partial charge in [-0.2, -0.15) is 0 Å². The molecule has 0 aromatic heterocycles. The Balaban J connectivity index is 2.27. The first-order valence-corrected chi connectivity index (χ1v) is 4.53. The first-order valence-electron chi connectivity index (χ1n) is 4.53. The van der Waals surface area contributed by atoms with Gasteiger partial charge in [0.25, 0.3) is 0 Å². The highest BCUT2D eigenvalue weighted by molar-refractivity contribution is 4.78. The van der Waals surface area contributed by atoms with Crippen molar-refractivity contribution in [2.24, 2.45) is 0 Å². The van der Waals surface area contributed by atoms with E-state index in [9.17, 15) is 8.78 Å². The first kappa shape index (κ1) is 9.90. The van der Waals surface area contributed by atoms with E-state index in [0.717, 1.165) is 0 Å². The van der Waals surface area contributed by atoms with Crippen LogP contribution in [0.3, 0.4) is 0 Å². The molecule has 1 fully saturated rings. The summed E-state index contributed by atoms with van der Waals surface area (Å²) in [6, 6.07) is 0.